The highest BCUT2D eigenvalue weighted by molar-refractivity contribution is 5.83. The van der Waals surface area contributed by atoms with Crippen LogP contribution in [0.4, 0.5) is 4.79 Å². The van der Waals surface area contributed by atoms with Crippen LogP contribution in [-0.4, -0.2) is 77.7 Å². The van der Waals surface area contributed by atoms with Gasteiger partial charge < -0.3 is 20.3 Å². The number of ether oxygens (including phenoxy) is 1. The molecule has 0 radical (unpaired) electrons. The fourth-order valence-electron chi connectivity index (χ4n) is 5.59. The van der Waals surface area contributed by atoms with Crippen molar-refractivity contribution < 1.29 is 14.3 Å². The van der Waals surface area contributed by atoms with Crippen LogP contribution in [0.1, 0.15) is 58.4 Å². The van der Waals surface area contributed by atoms with Crippen molar-refractivity contribution in [3.8, 4) is 0 Å². The number of nitrogens with one attached hydrogen (secondary N) is 2. The third-order valence-electron chi connectivity index (χ3n) is 7.12. The number of hydrogen-bond donors (Lipinski definition) is 2. The number of fused-ring (bicyclic) bond motifs is 1. The minimum absolute atomic E-state index is 0.0718. The maximum Gasteiger partial charge on any atom is 0.407 e. The third kappa shape index (κ3) is 6.27. The Morgan fingerprint density at radius 2 is 2.00 bits per heavy atom. The standard InChI is InChI=1S/C26H40N4O3/c1-26(2,3)33-25(32)28-20-16-23-24(31)29(22-10-7-14-27-17-22)15-13-21(30(23)18-20)12-11-19-8-5-4-6-9-19/h4-6,8-9,20-23,27H,7,10-18H2,1-3H3,(H,28,32)/t20-,21?,22-,23+/m1/s1. The molecule has 4 rings (SSSR count). The van der Waals surface area contributed by atoms with Gasteiger partial charge in [0.1, 0.15) is 5.60 Å². The highest BCUT2D eigenvalue weighted by Crippen LogP contribution is 2.31. The summed E-state index contributed by atoms with van der Waals surface area (Å²) in [6.45, 7) is 9.05. The smallest absolute Gasteiger partial charge is 0.407 e. The highest BCUT2D eigenvalue weighted by Gasteiger charge is 2.46. The number of alkyl carbamates (subject to hydrolysis) is 1. The zero-order chi connectivity index (χ0) is 23.4. The molecule has 2 amide bonds. The van der Waals surface area contributed by atoms with Gasteiger partial charge in [-0.15, -0.1) is 0 Å². The largest absolute Gasteiger partial charge is 0.444 e. The maximum absolute atomic E-state index is 13.7. The van der Waals surface area contributed by atoms with Crippen LogP contribution in [0.2, 0.25) is 0 Å². The quantitative estimate of drug-likeness (QED) is 0.713. The molecule has 3 aliphatic heterocycles. The molecular weight excluding hydrogens is 416 g/mol. The van der Waals surface area contributed by atoms with E-state index in [-0.39, 0.29) is 24.0 Å². The molecule has 3 fully saturated rings. The molecule has 0 aliphatic carbocycles. The molecule has 1 aromatic carbocycles. The van der Waals surface area contributed by atoms with Crippen LogP contribution in [0, 0.1) is 0 Å². The number of piperidine rings is 1. The van der Waals surface area contributed by atoms with Gasteiger partial charge in [0.05, 0.1) is 6.04 Å². The number of aryl methyl sites for hydroxylation is 1. The zero-order valence-electron chi connectivity index (χ0n) is 20.4. The monoisotopic (exact) mass is 456 g/mol. The lowest BCUT2D eigenvalue weighted by atomic mass is 10.0. The van der Waals surface area contributed by atoms with Crippen LogP contribution >= 0.6 is 0 Å². The minimum atomic E-state index is -0.536. The van der Waals surface area contributed by atoms with Gasteiger partial charge in [-0.3, -0.25) is 9.69 Å². The first-order valence-corrected chi connectivity index (χ1v) is 12.6. The first-order valence-electron chi connectivity index (χ1n) is 12.6. The van der Waals surface area contributed by atoms with E-state index in [0.717, 1.165) is 51.7 Å². The predicted molar refractivity (Wildman–Crippen MR) is 129 cm³/mol. The SMILES string of the molecule is CC(C)(C)OC(=O)N[C@@H]1C[C@H]2C(=O)N([C@@H]3CCCNC3)CCC(CCc3ccccc3)N2C1. The van der Waals surface area contributed by atoms with Crippen molar-refractivity contribution in [2.75, 3.05) is 26.2 Å². The minimum Gasteiger partial charge on any atom is -0.444 e. The van der Waals surface area contributed by atoms with E-state index in [9.17, 15) is 9.59 Å². The van der Waals surface area contributed by atoms with Gasteiger partial charge in [-0.2, -0.15) is 0 Å². The summed E-state index contributed by atoms with van der Waals surface area (Å²) in [5.41, 5.74) is 0.798. The van der Waals surface area contributed by atoms with Crippen LogP contribution in [-0.2, 0) is 16.0 Å². The van der Waals surface area contributed by atoms with E-state index in [1.54, 1.807) is 0 Å². The summed E-state index contributed by atoms with van der Waals surface area (Å²) in [5, 5.41) is 6.50. The topological polar surface area (TPSA) is 73.9 Å². The van der Waals surface area contributed by atoms with E-state index in [4.69, 9.17) is 4.74 Å². The summed E-state index contributed by atoms with van der Waals surface area (Å²) in [5.74, 6) is 0.236. The van der Waals surface area contributed by atoms with Crippen LogP contribution in [0.15, 0.2) is 30.3 Å². The number of benzene rings is 1. The van der Waals surface area contributed by atoms with Gasteiger partial charge in [-0.25, -0.2) is 4.79 Å². The molecule has 4 atom stereocenters. The number of nitrogens with zero attached hydrogens (tertiary/aromatic N) is 2. The van der Waals surface area contributed by atoms with Gasteiger partial charge in [0, 0.05) is 37.8 Å². The van der Waals surface area contributed by atoms with Crippen LogP contribution in [0.25, 0.3) is 0 Å². The Bertz CT molecular complexity index is 804. The van der Waals surface area contributed by atoms with Crippen LogP contribution in [0.3, 0.4) is 0 Å². The lowest BCUT2D eigenvalue weighted by Crippen LogP contribution is -2.52. The van der Waals surface area contributed by atoms with E-state index in [0.29, 0.717) is 19.0 Å². The number of amides is 2. The van der Waals surface area contributed by atoms with Gasteiger partial charge in [0.2, 0.25) is 5.91 Å². The normalized spacial score (nSPS) is 28.8. The second-order valence-corrected chi connectivity index (χ2v) is 10.8. The third-order valence-corrected chi connectivity index (χ3v) is 7.12. The van der Waals surface area contributed by atoms with E-state index < -0.39 is 11.7 Å². The first-order chi connectivity index (χ1) is 15.8. The molecule has 7 nitrogen and oxygen atoms in total. The molecule has 3 heterocycles. The second kappa shape index (κ2) is 10.4. The molecule has 3 aliphatic rings. The van der Waals surface area contributed by atoms with Crippen molar-refractivity contribution in [3.05, 3.63) is 35.9 Å². The fraction of sp³-hybridized carbons (Fsp3) is 0.692. The Kier molecular flexibility index (Phi) is 7.59. The molecular formula is C26H40N4O3. The number of rotatable bonds is 5. The Morgan fingerprint density at radius 3 is 2.70 bits per heavy atom. The lowest BCUT2D eigenvalue weighted by molar-refractivity contribution is -0.137. The summed E-state index contributed by atoms with van der Waals surface area (Å²) in [4.78, 5) is 30.7. The molecule has 0 bridgehead atoms. The van der Waals surface area contributed by atoms with E-state index in [1.807, 2.05) is 26.8 Å². The lowest BCUT2D eigenvalue weighted by Gasteiger charge is -2.35. The average molecular weight is 457 g/mol. The zero-order valence-corrected chi connectivity index (χ0v) is 20.4. The van der Waals surface area contributed by atoms with Crippen molar-refractivity contribution in [1.29, 1.82) is 0 Å². The van der Waals surface area contributed by atoms with Crippen LogP contribution in [0.5, 0.6) is 0 Å². The van der Waals surface area contributed by atoms with Gasteiger partial charge in [0.15, 0.2) is 0 Å². The van der Waals surface area contributed by atoms with E-state index in [1.165, 1.54) is 5.56 Å². The maximum atomic E-state index is 13.7. The fourth-order valence-corrected chi connectivity index (χ4v) is 5.59. The summed E-state index contributed by atoms with van der Waals surface area (Å²) in [7, 11) is 0. The Balaban J connectivity index is 1.48. The first kappa shape index (κ1) is 24.0. The Labute approximate surface area is 198 Å². The van der Waals surface area contributed by atoms with Crippen molar-refractivity contribution in [1.82, 2.24) is 20.4 Å². The molecule has 1 unspecified atom stereocenters. The molecule has 0 aromatic heterocycles. The molecule has 3 saturated heterocycles. The molecule has 0 spiro atoms. The predicted octanol–water partition coefficient (Wildman–Crippen LogP) is 2.94. The summed E-state index contributed by atoms with van der Waals surface area (Å²) in [6, 6.07) is 10.9. The molecule has 33 heavy (non-hydrogen) atoms. The number of hydrogen-bond acceptors (Lipinski definition) is 5. The average Bonchev–Trinajstić information content (AvgIpc) is 3.14. The second-order valence-electron chi connectivity index (χ2n) is 10.8. The van der Waals surface area contributed by atoms with Crippen LogP contribution < -0.4 is 10.6 Å². The Morgan fingerprint density at radius 1 is 1.21 bits per heavy atom. The number of carbonyl (C=O) groups excluding carboxylic acids is 2. The van der Waals surface area contributed by atoms with E-state index in [2.05, 4.69) is 44.7 Å². The summed E-state index contributed by atoms with van der Waals surface area (Å²) in [6.07, 6.45) is 5.43. The molecule has 182 valence electrons. The van der Waals surface area contributed by atoms with Crippen molar-refractivity contribution in [2.45, 2.75) is 89.1 Å². The van der Waals surface area contributed by atoms with Gasteiger partial charge >= 0.3 is 6.09 Å². The van der Waals surface area contributed by atoms with Gasteiger partial charge in [0.25, 0.3) is 0 Å². The van der Waals surface area contributed by atoms with E-state index >= 15 is 0 Å². The molecule has 1 aromatic rings. The Hall–Kier alpha value is -2.12. The van der Waals surface area contributed by atoms with Crippen molar-refractivity contribution in [3.63, 3.8) is 0 Å². The molecule has 0 saturated carbocycles. The molecule has 7 heteroatoms. The summed E-state index contributed by atoms with van der Waals surface area (Å²) >= 11 is 0. The van der Waals surface area contributed by atoms with Crippen molar-refractivity contribution >= 4 is 12.0 Å². The summed E-state index contributed by atoms with van der Waals surface area (Å²) < 4.78 is 5.48. The number of carbonyl (C=O) groups is 2. The molecule has 2 N–H and O–H groups in total. The highest BCUT2D eigenvalue weighted by atomic mass is 16.6. The van der Waals surface area contributed by atoms with Gasteiger partial charge in [-0.05, 0) is 71.4 Å². The van der Waals surface area contributed by atoms with Crippen molar-refractivity contribution in [2.24, 2.45) is 0 Å². The van der Waals surface area contributed by atoms with Gasteiger partial charge in [-0.1, -0.05) is 30.3 Å².